The SMILES string of the molecule is C[C@@H](C/C=C/c1ccc(N)nc1)NC(=O)OC(C)(C)C. The van der Waals surface area contributed by atoms with Gasteiger partial charge < -0.3 is 15.8 Å². The van der Waals surface area contributed by atoms with Crippen LogP contribution in [0.2, 0.25) is 0 Å². The van der Waals surface area contributed by atoms with Crippen molar-refractivity contribution in [1.29, 1.82) is 0 Å². The van der Waals surface area contributed by atoms with Gasteiger partial charge >= 0.3 is 6.09 Å². The second-order valence-corrected chi connectivity index (χ2v) is 5.70. The number of rotatable bonds is 4. The van der Waals surface area contributed by atoms with Gasteiger partial charge in [0.15, 0.2) is 0 Å². The summed E-state index contributed by atoms with van der Waals surface area (Å²) in [6.45, 7) is 7.44. The van der Waals surface area contributed by atoms with Crippen LogP contribution in [0, 0.1) is 0 Å². The molecule has 1 aromatic heterocycles. The Kier molecular flexibility index (Phi) is 5.55. The average molecular weight is 277 g/mol. The van der Waals surface area contributed by atoms with Crippen molar-refractivity contribution in [2.75, 3.05) is 5.73 Å². The van der Waals surface area contributed by atoms with Crippen LogP contribution in [0.5, 0.6) is 0 Å². The maximum atomic E-state index is 11.6. The zero-order valence-corrected chi connectivity index (χ0v) is 12.5. The third-order valence-electron chi connectivity index (χ3n) is 2.37. The zero-order valence-electron chi connectivity index (χ0n) is 12.5. The van der Waals surface area contributed by atoms with Crippen LogP contribution in [0.25, 0.3) is 6.08 Å². The van der Waals surface area contributed by atoms with E-state index < -0.39 is 11.7 Å². The van der Waals surface area contributed by atoms with E-state index in [9.17, 15) is 4.79 Å². The molecule has 20 heavy (non-hydrogen) atoms. The molecule has 0 spiro atoms. The maximum Gasteiger partial charge on any atom is 0.407 e. The predicted octanol–water partition coefficient (Wildman–Crippen LogP) is 2.98. The molecule has 5 nitrogen and oxygen atoms in total. The van der Waals surface area contributed by atoms with Crippen LogP contribution in [0.4, 0.5) is 10.6 Å². The van der Waals surface area contributed by atoms with E-state index in [0.29, 0.717) is 12.2 Å². The van der Waals surface area contributed by atoms with E-state index in [0.717, 1.165) is 5.56 Å². The molecular weight excluding hydrogens is 254 g/mol. The number of ether oxygens (including phenoxy) is 1. The molecule has 0 bridgehead atoms. The minimum absolute atomic E-state index is 0.00263. The first-order valence-electron chi connectivity index (χ1n) is 6.64. The second kappa shape index (κ2) is 6.93. The Labute approximate surface area is 120 Å². The monoisotopic (exact) mass is 277 g/mol. The van der Waals surface area contributed by atoms with Gasteiger partial charge in [-0.25, -0.2) is 9.78 Å². The Morgan fingerprint density at radius 3 is 2.75 bits per heavy atom. The summed E-state index contributed by atoms with van der Waals surface area (Å²) in [7, 11) is 0. The van der Waals surface area contributed by atoms with Gasteiger partial charge in [-0.05, 0) is 51.8 Å². The summed E-state index contributed by atoms with van der Waals surface area (Å²) in [5.41, 5.74) is 6.01. The molecule has 0 unspecified atom stereocenters. The molecule has 1 atom stereocenters. The van der Waals surface area contributed by atoms with Gasteiger partial charge in [-0.3, -0.25) is 0 Å². The van der Waals surface area contributed by atoms with E-state index in [1.165, 1.54) is 0 Å². The number of alkyl carbamates (subject to hydrolysis) is 1. The number of anilines is 1. The molecule has 0 radical (unpaired) electrons. The molecule has 1 heterocycles. The van der Waals surface area contributed by atoms with Crippen LogP contribution in [0.3, 0.4) is 0 Å². The van der Waals surface area contributed by atoms with Crippen molar-refractivity contribution in [1.82, 2.24) is 10.3 Å². The molecule has 0 saturated carbocycles. The quantitative estimate of drug-likeness (QED) is 0.887. The van der Waals surface area contributed by atoms with Gasteiger partial charge in [0.1, 0.15) is 11.4 Å². The Morgan fingerprint density at radius 1 is 1.50 bits per heavy atom. The lowest BCUT2D eigenvalue weighted by Gasteiger charge is -2.21. The van der Waals surface area contributed by atoms with Crippen LogP contribution in [-0.2, 0) is 4.74 Å². The molecule has 1 rings (SSSR count). The highest BCUT2D eigenvalue weighted by Gasteiger charge is 2.16. The molecule has 3 N–H and O–H groups in total. The van der Waals surface area contributed by atoms with Crippen LogP contribution >= 0.6 is 0 Å². The first-order valence-corrected chi connectivity index (χ1v) is 6.64. The fraction of sp³-hybridized carbons (Fsp3) is 0.467. The van der Waals surface area contributed by atoms with Gasteiger partial charge in [0, 0.05) is 12.2 Å². The Bertz CT molecular complexity index is 461. The first-order chi connectivity index (χ1) is 9.26. The van der Waals surface area contributed by atoms with E-state index in [-0.39, 0.29) is 6.04 Å². The van der Waals surface area contributed by atoms with Crippen LogP contribution in [0.15, 0.2) is 24.4 Å². The third kappa shape index (κ3) is 6.78. The van der Waals surface area contributed by atoms with Gasteiger partial charge in [0.05, 0.1) is 0 Å². The van der Waals surface area contributed by atoms with Crippen molar-refractivity contribution >= 4 is 18.0 Å². The second-order valence-electron chi connectivity index (χ2n) is 5.70. The van der Waals surface area contributed by atoms with E-state index >= 15 is 0 Å². The highest BCUT2D eigenvalue weighted by molar-refractivity contribution is 5.68. The largest absolute Gasteiger partial charge is 0.444 e. The fourth-order valence-corrected chi connectivity index (χ4v) is 1.49. The first kappa shape index (κ1) is 16.0. The fourth-order valence-electron chi connectivity index (χ4n) is 1.49. The lowest BCUT2D eigenvalue weighted by atomic mass is 10.2. The van der Waals surface area contributed by atoms with Gasteiger partial charge in [-0.1, -0.05) is 12.2 Å². The normalized spacial score (nSPS) is 13.2. The Hall–Kier alpha value is -2.04. The zero-order chi connectivity index (χ0) is 15.2. The number of nitrogens with two attached hydrogens (primary N) is 1. The number of nitrogens with zero attached hydrogens (tertiary/aromatic N) is 1. The van der Waals surface area contributed by atoms with Gasteiger partial charge in [-0.15, -0.1) is 0 Å². The Balaban J connectivity index is 2.37. The standard InChI is InChI=1S/C15H23N3O2/c1-11(18-14(19)20-15(2,3)4)6-5-7-12-8-9-13(16)17-10-12/h5,7-11H,6H2,1-4H3,(H2,16,17)(H,18,19)/b7-5+/t11-/m0/s1. The highest BCUT2D eigenvalue weighted by atomic mass is 16.6. The number of carbonyl (C=O) groups excluding carboxylic acids is 1. The summed E-state index contributed by atoms with van der Waals surface area (Å²) in [4.78, 5) is 15.6. The number of carbonyl (C=O) groups is 1. The molecule has 1 amide bonds. The van der Waals surface area contributed by atoms with Crippen molar-refractivity contribution in [2.45, 2.75) is 45.8 Å². The number of aromatic nitrogens is 1. The molecule has 0 aliphatic rings. The summed E-state index contributed by atoms with van der Waals surface area (Å²) in [5, 5.41) is 2.78. The number of amides is 1. The molecule has 0 saturated heterocycles. The maximum absolute atomic E-state index is 11.6. The van der Waals surface area contributed by atoms with Gasteiger partial charge in [0.2, 0.25) is 0 Å². The van der Waals surface area contributed by atoms with Crippen molar-refractivity contribution in [3.8, 4) is 0 Å². The summed E-state index contributed by atoms with van der Waals surface area (Å²) < 4.78 is 5.19. The van der Waals surface area contributed by atoms with Crippen molar-refractivity contribution in [3.63, 3.8) is 0 Å². The summed E-state index contributed by atoms with van der Waals surface area (Å²) in [5.74, 6) is 0.502. The van der Waals surface area contributed by atoms with Crippen molar-refractivity contribution in [3.05, 3.63) is 30.0 Å². The predicted molar refractivity (Wildman–Crippen MR) is 81.1 cm³/mol. The molecule has 0 aliphatic carbocycles. The smallest absolute Gasteiger partial charge is 0.407 e. The molecule has 5 heteroatoms. The van der Waals surface area contributed by atoms with Gasteiger partial charge in [0.25, 0.3) is 0 Å². The number of pyridine rings is 1. The van der Waals surface area contributed by atoms with Crippen LogP contribution < -0.4 is 11.1 Å². The van der Waals surface area contributed by atoms with Crippen LogP contribution in [0.1, 0.15) is 39.7 Å². The van der Waals surface area contributed by atoms with Gasteiger partial charge in [-0.2, -0.15) is 0 Å². The number of nitrogen functional groups attached to an aromatic ring is 1. The minimum atomic E-state index is -0.477. The lowest BCUT2D eigenvalue weighted by Crippen LogP contribution is -2.37. The van der Waals surface area contributed by atoms with E-state index in [4.69, 9.17) is 10.5 Å². The van der Waals surface area contributed by atoms with E-state index in [1.54, 1.807) is 12.3 Å². The molecule has 1 aromatic rings. The van der Waals surface area contributed by atoms with Crippen molar-refractivity contribution in [2.24, 2.45) is 0 Å². The van der Waals surface area contributed by atoms with Crippen LogP contribution in [-0.4, -0.2) is 22.7 Å². The summed E-state index contributed by atoms with van der Waals surface area (Å²) >= 11 is 0. The number of hydrogen-bond acceptors (Lipinski definition) is 4. The highest BCUT2D eigenvalue weighted by Crippen LogP contribution is 2.08. The molecule has 0 fully saturated rings. The summed E-state index contributed by atoms with van der Waals surface area (Å²) in [6.07, 6.45) is 5.95. The topological polar surface area (TPSA) is 77.2 Å². The molecular formula is C15H23N3O2. The third-order valence-corrected chi connectivity index (χ3v) is 2.37. The minimum Gasteiger partial charge on any atom is -0.444 e. The summed E-state index contributed by atoms with van der Waals surface area (Å²) in [6, 6.07) is 3.65. The average Bonchev–Trinajstić information content (AvgIpc) is 2.29. The van der Waals surface area contributed by atoms with E-state index in [2.05, 4.69) is 10.3 Å². The molecule has 110 valence electrons. The number of hydrogen-bond donors (Lipinski definition) is 2. The lowest BCUT2D eigenvalue weighted by molar-refractivity contribution is 0.0509. The Morgan fingerprint density at radius 2 is 2.20 bits per heavy atom. The molecule has 0 aliphatic heterocycles. The number of nitrogens with one attached hydrogen (secondary N) is 1. The molecule has 0 aromatic carbocycles. The van der Waals surface area contributed by atoms with E-state index in [1.807, 2.05) is 45.9 Å². The van der Waals surface area contributed by atoms with Crippen molar-refractivity contribution < 1.29 is 9.53 Å².